The lowest BCUT2D eigenvalue weighted by Gasteiger charge is -2.08. The summed E-state index contributed by atoms with van der Waals surface area (Å²) in [5.74, 6) is -3.59. The number of anilines is 1. The van der Waals surface area contributed by atoms with Gasteiger partial charge in [0.25, 0.3) is 5.91 Å². The second-order valence-electron chi connectivity index (χ2n) is 6.98. The predicted molar refractivity (Wildman–Crippen MR) is 135 cm³/mol. The van der Waals surface area contributed by atoms with Gasteiger partial charge in [-0.1, -0.05) is 35.3 Å². The maximum atomic E-state index is 12.4. The van der Waals surface area contributed by atoms with Crippen molar-refractivity contribution in [2.75, 3.05) is 12.4 Å². The van der Waals surface area contributed by atoms with E-state index in [1.54, 1.807) is 48.7 Å². The lowest BCUT2D eigenvalue weighted by Crippen LogP contribution is -2.21. The van der Waals surface area contributed by atoms with Crippen molar-refractivity contribution in [3.63, 3.8) is 0 Å². The van der Waals surface area contributed by atoms with Gasteiger partial charge in [0, 0.05) is 11.6 Å². The maximum Gasteiger partial charge on any atom is 0.490 e. The number of aliphatic imine (C=N–C) groups is 1. The van der Waals surface area contributed by atoms with Gasteiger partial charge in [-0.15, -0.1) is 0 Å². The summed E-state index contributed by atoms with van der Waals surface area (Å²) in [6.45, 7) is 0. The molecular formula is C23H14Cl2F3N3O5S. The minimum atomic E-state index is -5.08. The van der Waals surface area contributed by atoms with Gasteiger partial charge in [0.05, 0.1) is 38.8 Å². The monoisotopic (exact) mass is 571 g/mol. The molecule has 2 N–H and O–H groups in total. The number of aliphatic carboxylic acids is 1. The van der Waals surface area contributed by atoms with Crippen LogP contribution in [-0.2, 0) is 14.3 Å². The largest absolute Gasteiger partial charge is 0.490 e. The number of methoxy groups -OCH3 is 1. The number of alkyl halides is 3. The molecule has 0 bridgehead atoms. The van der Waals surface area contributed by atoms with Gasteiger partial charge < -0.3 is 15.2 Å². The number of amidine groups is 1. The van der Waals surface area contributed by atoms with Crippen LogP contribution in [0, 0.1) is 0 Å². The Hall–Kier alpha value is -3.61. The number of para-hydroxylation sites is 1. The molecule has 37 heavy (non-hydrogen) atoms. The van der Waals surface area contributed by atoms with Crippen molar-refractivity contribution < 1.29 is 37.4 Å². The van der Waals surface area contributed by atoms with Gasteiger partial charge in [-0.3, -0.25) is 9.78 Å². The number of nitrogens with one attached hydrogen (secondary N) is 1. The van der Waals surface area contributed by atoms with Crippen molar-refractivity contribution >= 4 is 80.6 Å². The number of benzene rings is 2. The van der Waals surface area contributed by atoms with E-state index in [1.165, 1.54) is 18.9 Å². The Kier molecular flexibility index (Phi) is 8.79. The molecule has 0 spiro atoms. The van der Waals surface area contributed by atoms with Gasteiger partial charge in [-0.2, -0.15) is 18.2 Å². The molecule has 8 nitrogen and oxygen atoms in total. The molecule has 0 unspecified atom stereocenters. The van der Waals surface area contributed by atoms with Crippen LogP contribution in [0.15, 0.2) is 58.6 Å². The molecule has 0 radical (unpaired) electrons. The molecule has 2 aromatic carbocycles. The number of esters is 1. The Morgan fingerprint density at radius 3 is 2.38 bits per heavy atom. The summed E-state index contributed by atoms with van der Waals surface area (Å²) in [7, 11) is 1.32. The lowest BCUT2D eigenvalue weighted by atomic mass is 10.1. The van der Waals surface area contributed by atoms with Gasteiger partial charge in [-0.05, 0) is 53.7 Å². The number of carboxylic acid groups (broad SMARTS) is 1. The SMILES string of the molecule is COC(=O)c1ccnc2ccc(C=C3SC(Nc4c(Cl)cccc4Cl)=NC3=O)cc12.O=C(O)C(F)(F)F. The van der Waals surface area contributed by atoms with Gasteiger partial charge in [0.2, 0.25) is 0 Å². The van der Waals surface area contributed by atoms with Crippen molar-refractivity contribution in [3.05, 3.63) is 74.7 Å². The molecule has 192 valence electrons. The molecule has 1 aliphatic rings. The first kappa shape index (κ1) is 28.0. The zero-order valence-corrected chi connectivity index (χ0v) is 20.8. The molecule has 0 saturated heterocycles. The molecule has 1 amide bonds. The normalized spacial score (nSPS) is 14.2. The third kappa shape index (κ3) is 7.00. The van der Waals surface area contributed by atoms with Crippen LogP contribution in [0.25, 0.3) is 17.0 Å². The Balaban J connectivity index is 0.000000479. The number of pyridine rings is 1. The van der Waals surface area contributed by atoms with Crippen molar-refractivity contribution in [1.29, 1.82) is 0 Å². The van der Waals surface area contributed by atoms with Crippen LogP contribution in [0.1, 0.15) is 15.9 Å². The number of ether oxygens (including phenoxy) is 1. The average molecular weight is 572 g/mol. The highest BCUT2D eigenvalue weighted by Gasteiger charge is 2.38. The molecule has 1 aromatic heterocycles. The summed E-state index contributed by atoms with van der Waals surface area (Å²) < 4.78 is 36.6. The standard InChI is InChI=1S/C21H13Cl2N3O3S.C2HF3O2/c1-29-20(28)12-7-8-24-16-6-5-11(9-13(12)16)10-17-19(27)26-21(30-17)25-18-14(22)3-2-4-15(18)23;3-2(4,5)1(6)7/h2-10H,1H3,(H,25,26,27);(H,6,7). The Labute approximate surface area is 221 Å². The highest BCUT2D eigenvalue weighted by atomic mass is 35.5. The number of hydrogen-bond donors (Lipinski definition) is 2. The van der Waals surface area contributed by atoms with Crippen molar-refractivity contribution in [1.82, 2.24) is 4.98 Å². The van der Waals surface area contributed by atoms with E-state index in [0.29, 0.717) is 42.3 Å². The average Bonchev–Trinajstić information content (AvgIpc) is 3.18. The molecular weight excluding hydrogens is 558 g/mol. The molecule has 0 aliphatic carbocycles. The van der Waals surface area contributed by atoms with Crippen LogP contribution in [0.3, 0.4) is 0 Å². The minimum absolute atomic E-state index is 0.374. The van der Waals surface area contributed by atoms with E-state index in [1.807, 2.05) is 6.07 Å². The number of thioether (sulfide) groups is 1. The van der Waals surface area contributed by atoms with Gasteiger partial charge in [0.15, 0.2) is 5.17 Å². The van der Waals surface area contributed by atoms with E-state index in [-0.39, 0.29) is 5.91 Å². The fraction of sp³-hybridized carbons (Fsp3) is 0.0870. The van der Waals surface area contributed by atoms with E-state index >= 15 is 0 Å². The van der Waals surface area contributed by atoms with E-state index in [9.17, 15) is 22.8 Å². The van der Waals surface area contributed by atoms with Crippen LogP contribution in [0.2, 0.25) is 10.0 Å². The Morgan fingerprint density at radius 2 is 1.78 bits per heavy atom. The summed E-state index contributed by atoms with van der Waals surface area (Å²) in [5.41, 5.74) is 2.27. The quantitative estimate of drug-likeness (QED) is 0.288. The molecule has 2 heterocycles. The Bertz CT molecular complexity index is 1440. The fourth-order valence-corrected chi connectivity index (χ4v) is 4.19. The topological polar surface area (TPSA) is 118 Å². The third-order valence-corrected chi connectivity index (χ3v) is 6.06. The second kappa shape index (κ2) is 11.6. The number of rotatable bonds is 3. The Morgan fingerprint density at radius 1 is 1.14 bits per heavy atom. The molecule has 1 aliphatic heterocycles. The van der Waals surface area contributed by atoms with Gasteiger partial charge in [0.1, 0.15) is 0 Å². The highest BCUT2D eigenvalue weighted by molar-refractivity contribution is 8.18. The number of aromatic nitrogens is 1. The number of carboxylic acids is 1. The molecule has 0 saturated carbocycles. The van der Waals surface area contributed by atoms with Crippen LogP contribution in [-0.4, -0.2) is 46.4 Å². The first-order valence-corrected chi connectivity index (χ1v) is 11.5. The summed E-state index contributed by atoms with van der Waals surface area (Å²) >= 11 is 13.5. The van der Waals surface area contributed by atoms with Crippen LogP contribution < -0.4 is 5.32 Å². The number of nitrogens with zero attached hydrogens (tertiary/aromatic N) is 2. The lowest BCUT2D eigenvalue weighted by molar-refractivity contribution is -0.192. The number of fused-ring (bicyclic) bond motifs is 1. The van der Waals surface area contributed by atoms with Crippen LogP contribution >= 0.6 is 35.0 Å². The summed E-state index contributed by atoms with van der Waals surface area (Å²) in [5, 5.41) is 12.0. The molecule has 0 fully saturated rings. The summed E-state index contributed by atoms with van der Waals surface area (Å²) in [6, 6.07) is 12.1. The van der Waals surface area contributed by atoms with Crippen LogP contribution in [0.5, 0.6) is 0 Å². The summed E-state index contributed by atoms with van der Waals surface area (Å²) in [6.07, 6.45) is -1.83. The number of halogens is 5. The van der Waals surface area contributed by atoms with E-state index < -0.39 is 18.1 Å². The number of amides is 1. The zero-order chi connectivity index (χ0) is 27.3. The number of carbonyl (C=O) groups excluding carboxylic acids is 2. The van der Waals surface area contributed by atoms with Crippen molar-refractivity contribution in [3.8, 4) is 0 Å². The van der Waals surface area contributed by atoms with Crippen molar-refractivity contribution in [2.24, 2.45) is 4.99 Å². The van der Waals surface area contributed by atoms with E-state index in [4.69, 9.17) is 37.8 Å². The molecule has 14 heteroatoms. The molecule has 0 atom stereocenters. The fourth-order valence-electron chi connectivity index (χ4n) is 2.88. The predicted octanol–water partition coefficient (Wildman–Crippen LogP) is 6.04. The number of hydrogen-bond acceptors (Lipinski definition) is 7. The first-order chi connectivity index (χ1) is 17.4. The van der Waals surface area contributed by atoms with E-state index in [0.717, 1.165) is 5.56 Å². The van der Waals surface area contributed by atoms with E-state index in [2.05, 4.69) is 15.3 Å². The zero-order valence-electron chi connectivity index (χ0n) is 18.5. The highest BCUT2D eigenvalue weighted by Crippen LogP contribution is 2.35. The second-order valence-corrected chi connectivity index (χ2v) is 8.83. The summed E-state index contributed by atoms with van der Waals surface area (Å²) in [4.78, 5) is 42.0. The molecule has 4 rings (SSSR count). The first-order valence-electron chi connectivity index (χ1n) is 9.91. The number of carbonyl (C=O) groups is 3. The smallest absolute Gasteiger partial charge is 0.475 e. The maximum absolute atomic E-state index is 12.4. The van der Waals surface area contributed by atoms with Gasteiger partial charge >= 0.3 is 18.1 Å². The van der Waals surface area contributed by atoms with Crippen LogP contribution in [0.4, 0.5) is 18.9 Å². The van der Waals surface area contributed by atoms with Crippen molar-refractivity contribution in [2.45, 2.75) is 6.18 Å². The minimum Gasteiger partial charge on any atom is -0.475 e. The molecule has 3 aromatic rings. The third-order valence-electron chi connectivity index (χ3n) is 4.53. The van der Waals surface area contributed by atoms with Gasteiger partial charge in [-0.25, -0.2) is 9.59 Å².